The standard InChI is InChI=1S/C19H25N5O2/c1-2-23-7-9-24(10-8-23)14-16-6-4-3-5-15(16)11-21-18-13-20-17(12-22-18)19(25)26/h3-6,12-13H,2,7-11,14H2,1H3,(H,21,22)(H,25,26). The summed E-state index contributed by atoms with van der Waals surface area (Å²) in [6, 6.07) is 8.39. The number of benzene rings is 1. The molecule has 0 radical (unpaired) electrons. The summed E-state index contributed by atoms with van der Waals surface area (Å²) in [6.07, 6.45) is 2.72. The van der Waals surface area contributed by atoms with E-state index in [-0.39, 0.29) is 5.69 Å². The molecule has 0 bridgehead atoms. The van der Waals surface area contributed by atoms with Crippen LogP contribution in [0.4, 0.5) is 5.82 Å². The second-order valence-electron chi connectivity index (χ2n) is 6.42. The van der Waals surface area contributed by atoms with E-state index in [4.69, 9.17) is 5.11 Å². The minimum absolute atomic E-state index is 0.0535. The molecular weight excluding hydrogens is 330 g/mol. The van der Waals surface area contributed by atoms with E-state index in [1.165, 1.54) is 23.5 Å². The van der Waals surface area contributed by atoms with E-state index < -0.39 is 5.97 Å². The molecule has 1 saturated heterocycles. The van der Waals surface area contributed by atoms with Gasteiger partial charge in [0, 0.05) is 39.3 Å². The fourth-order valence-corrected chi connectivity index (χ4v) is 3.10. The van der Waals surface area contributed by atoms with E-state index in [9.17, 15) is 4.79 Å². The predicted molar refractivity (Wildman–Crippen MR) is 100 cm³/mol. The number of carboxylic acids is 1. The van der Waals surface area contributed by atoms with Crippen molar-refractivity contribution < 1.29 is 9.90 Å². The molecule has 26 heavy (non-hydrogen) atoms. The number of hydrogen-bond acceptors (Lipinski definition) is 6. The van der Waals surface area contributed by atoms with Gasteiger partial charge in [-0.2, -0.15) is 0 Å². The van der Waals surface area contributed by atoms with Crippen molar-refractivity contribution in [2.24, 2.45) is 0 Å². The molecular formula is C19H25N5O2. The number of carboxylic acid groups (broad SMARTS) is 1. The Labute approximate surface area is 153 Å². The second kappa shape index (κ2) is 8.73. The first-order valence-corrected chi connectivity index (χ1v) is 8.96. The number of nitrogens with zero attached hydrogens (tertiary/aromatic N) is 4. The van der Waals surface area contributed by atoms with E-state index in [1.54, 1.807) is 0 Å². The van der Waals surface area contributed by atoms with E-state index >= 15 is 0 Å². The lowest BCUT2D eigenvalue weighted by molar-refractivity contribution is 0.0690. The third kappa shape index (κ3) is 4.77. The summed E-state index contributed by atoms with van der Waals surface area (Å²) in [5, 5.41) is 12.1. The first kappa shape index (κ1) is 18.3. The van der Waals surface area contributed by atoms with Crippen LogP contribution < -0.4 is 5.32 Å². The van der Waals surface area contributed by atoms with E-state index in [0.717, 1.165) is 39.3 Å². The van der Waals surface area contributed by atoms with Crippen molar-refractivity contribution in [2.75, 3.05) is 38.0 Å². The van der Waals surface area contributed by atoms with Gasteiger partial charge in [0.2, 0.25) is 0 Å². The lowest BCUT2D eigenvalue weighted by Gasteiger charge is -2.34. The highest BCUT2D eigenvalue weighted by Gasteiger charge is 2.16. The van der Waals surface area contributed by atoms with Gasteiger partial charge in [-0.05, 0) is 17.7 Å². The molecule has 7 heteroatoms. The normalized spacial score (nSPS) is 15.7. The average Bonchev–Trinajstić information content (AvgIpc) is 2.68. The number of aromatic carboxylic acids is 1. The van der Waals surface area contributed by atoms with Crippen LogP contribution >= 0.6 is 0 Å². The van der Waals surface area contributed by atoms with Gasteiger partial charge in [0.25, 0.3) is 0 Å². The fourth-order valence-electron chi connectivity index (χ4n) is 3.10. The molecule has 0 unspecified atom stereocenters. The third-order valence-electron chi connectivity index (χ3n) is 4.76. The fraction of sp³-hybridized carbons (Fsp3) is 0.421. The number of carbonyl (C=O) groups is 1. The average molecular weight is 355 g/mol. The van der Waals surface area contributed by atoms with E-state index in [1.807, 2.05) is 6.07 Å². The number of piperazine rings is 1. The highest BCUT2D eigenvalue weighted by Crippen LogP contribution is 2.15. The minimum Gasteiger partial charge on any atom is -0.476 e. The van der Waals surface area contributed by atoms with Gasteiger partial charge in [0.15, 0.2) is 5.69 Å². The zero-order valence-corrected chi connectivity index (χ0v) is 15.1. The van der Waals surface area contributed by atoms with Gasteiger partial charge in [0.1, 0.15) is 5.82 Å². The molecule has 1 aliphatic heterocycles. The Morgan fingerprint density at radius 2 is 1.77 bits per heavy atom. The zero-order chi connectivity index (χ0) is 18.4. The van der Waals surface area contributed by atoms with Gasteiger partial charge in [-0.25, -0.2) is 14.8 Å². The molecule has 1 aromatic carbocycles. The van der Waals surface area contributed by atoms with Crippen LogP contribution in [0.25, 0.3) is 0 Å². The van der Waals surface area contributed by atoms with Crippen molar-refractivity contribution in [3.63, 3.8) is 0 Å². The molecule has 1 fully saturated rings. The summed E-state index contributed by atoms with van der Waals surface area (Å²) < 4.78 is 0. The summed E-state index contributed by atoms with van der Waals surface area (Å²) >= 11 is 0. The van der Waals surface area contributed by atoms with Gasteiger partial charge in [-0.1, -0.05) is 31.2 Å². The molecule has 0 saturated carbocycles. The first-order valence-electron chi connectivity index (χ1n) is 8.96. The van der Waals surface area contributed by atoms with Crippen molar-refractivity contribution in [1.82, 2.24) is 19.8 Å². The summed E-state index contributed by atoms with van der Waals surface area (Å²) in [5.74, 6) is -0.501. The van der Waals surface area contributed by atoms with Gasteiger partial charge in [0.05, 0.1) is 12.4 Å². The van der Waals surface area contributed by atoms with Crippen molar-refractivity contribution >= 4 is 11.8 Å². The van der Waals surface area contributed by atoms with Crippen LogP contribution in [0.15, 0.2) is 36.7 Å². The Bertz CT molecular complexity index is 727. The molecule has 2 N–H and O–H groups in total. The Balaban J connectivity index is 1.59. The van der Waals surface area contributed by atoms with Crippen molar-refractivity contribution in [3.05, 3.63) is 53.5 Å². The van der Waals surface area contributed by atoms with Crippen LogP contribution in [0.5, 0.6) is 0 Å². The van der Waals surface area contributed by atoms with Gasteiger partial charge in [-0.3, -0.25) is 4.90 Å². The Morgan fingerprint density at radius 1 is 1.08 bits per heavy atom. The Morgan fingerprint density at radius 3 is 2.38 bits per heavy atom. The zero-order valence-electron chi connectivity index (χ0n) is 15.1. The van der Waals surface area contributed by atoms with Crippen LogP contribution in [0.3, 0.4) is 0 Å². The highest BCUT2D eigenvalue weighted by molar-refractivity contribution is 5.84. The van der Waals surface area contributed by atoms with Crippen LogP contribution in [0, 0.1) is 0 Å². The largest absolute Gasteiger partial charge is 0.476 e. The molecule has 2 aromatic rings. The molecule has 0 atom stereocenters. The maximum absolute atomic E-state index is 10.8. The molecule has 1 aliphatic rings. The van der Waals surface area contributed by atoms with Gasteiger partial charge >= 0.3 is 5.97 Å². The predicted octanol–water partition coefficient (Wildman–Crippen LogP) is 1.92. The number of nitrogens with one attached hydrogen (secondary N) is 1. The van der Waals surface area contributed by atoms with Crippen LogP contribution in [0.1, 0.15) is 28.5 Å². The topological polar surface area (TPSA) is 81.6 Å². The molecule has 0 aliphatic carbocycles. The summed E-state index contributed by atoms with van der Waals surface area (Å²) in [5.41, 5.74) is 2.47. The van der Waals surface area contributed by atoms with Crippen LogP contribution in [-0.2, 0) is 13.1 Å². The number of aromatic nitrogens is 2. The lowest BCUT2D eigenvalue weighted by atomic mass is 10.1. The van der Waals surface area contributed by atoms with E-state index in [2.05, 4.69) is 50.2 Å². The molecule has 7 nitrogen and oxygen atoms in total. The minimum atomic E-state index is -1.07. The van der Waals surface area contributed by atoms with Crippen molar-refractivity contribution in [1.29, 1.82) is 0 Å². The quantitative estimate of drug-likeness (QED) is 0.785. The van der Waals surface area contributed by atoms with E-state index in [0.29, 0.717) is 12.4 Å². The molecule has 2 heterocycles. The SMILES string of the molecule is CCN1CCN(Cc2ccccc2CNc2cnc(C(=O)O)cn2)CC1. The number of anilines is 1. The summed E-state index contributed by atoms with van der Waals surface area (Å²) in [6.45, 7) is 9.35. The highest BCUT2D eigenvalue weighted by atomic mass is 16.4. The molecule has 138 valence electrons. The van der Waals surface area contributed by atoms with Gasteiger partial charge in [-0.15, -0.1) is 0 Å². The lowest BCUT2D eigenvalue weighted by Crippen LogP contribution is -2.45. The van der Waals surface area contributed by atoms with Gasteiger partial charge < -0.3 is 15.3 Å². The second-order valence-corrected chi connectivity index (χ2v) is 6.42. The monoisotopic (exact) mass is 355 g/mol. The molecule has 0 amide bonds. The molecule has 0 spiro atoms. The molecule has 3 rings (SSSR count). The van der Waals surface area contributed by atoms with Crippen molar-refractivity contribution in [3.8, 4) is 0 Å². The number of hydrogen-bond donors (Lipinski definition) is 2. The number of rotatable bonds is 7. The van der Waals surface area contributed by atoms with Crippen LogP contribution in [-0.4, -0.2) is 63.6 Å². The van der Waals surface area contributed by atoms with Crippen LogP contribution in [0.2, 0.25) is 0 Å². The first-order chi connectivity index (χ1) is 12.7. The summed E-state index contributed by atoms with van der Waals surface area (Å²) in [7, 11) is 0. The maximum Gasteiger partial charge on any atom is 0.356 e. The Hall–Kier alpha value is -2.51. The third-order valence-corrected chi connectivity index (χ3v) is 4.76. The van der Waals surface area contributed by atoms with Crippen molar-refractivity contribution in [2.45, 2.75) is 20.0 Å². The maximum atomic E-state index is 10.8. The smallest absolute Gasteiger partial charge is 0.356 e. The molecule has 1 aromatic heterocycles. The summed E-state index contributed by atoms with van der Waals surface area (Å²) in [4.78, 5) is 23.8. The number of likely N-dealkylation sites (N-methyl/N-ethyl adjacent to an activating group) is 1. The Kier molecular flexibility index (Phi) is 6.14.